The highest BCUT2D eigenvalue weighted by molar-refractivity contribution is 9.10. The van der Waals surface area contributed by atoms with Crippen LogP contribution in [-0.4, -0.2) is 16.3 Å². The molecular weight excluding hydrogens is 254 g/mol. The number of nitrogens with two attached hydrogens (primary N) is 1. The van der Waals surface area contributed by atoms with E-state index < -0.39 is 0 Å². The summed E-state index contributed by atoms with van der Waals surface area (Å²) in [4.78, 5) is 0. The van der Waals surface area contributed by atoms with Crippen LogP contribution in [0.15, 0.2) is 22.8 Å². The predicted octanol–water partition coefficient (Wildman–Crippen LogP) is 2.23. The SMILES string of the molecule is Cn1nc2ccc(CCCN)cc2c1Br. The number of aromatic nitrogens is 2. The lowest BCUT2D eigenvalue weighted by Gasteiger charge is -1.99. The highest BCUT2D eigenvalue weighted by Gasteiger charge is 2.06. The maximum Gasteiger partial charge on any atom is 0.111 e. The topological polar surface area (TPSA) is 43.8 Å². The minimum absolute atomic E-state index is 0.742. The molecule has 2 aromatic rings. The minimum Gasteiger partial charge on any atom is -0.330 e. The molecule has 4 heteroatoms. The van der Waals surface area contributed by atoms with Gasteiger partial charge < -0.3 is 5.73 Å². The Balaban J connectivity index is 2.41. The Bertz CT molecular complexity index is 476. The van der Waals surface area contributed by atoms with Crippen molar-refractivity contribution in [2.75, 3.05) is 6.54 Å². The van der Waals surface area contributed by atoms with Gasteiger partial charge >= 0.3 is 0 Å². The average molecular weight is 268 g/mol. The van der Waals surface area contributed by atoms with Gasteiger partial charge in [-0.2, -0.15) is 5.10 Å². The Kier molecular flexibility index (Phi) is 3.07. The monoisotopic (exact) mass is 267 g/mol. The fourth-order valence-electron chi connectivity index (χ4n) is 1.68. The molecule has 0 amide bonds. The van der Waals surface area contributed by atoms with E-state index in [0.29, 0.717) is 0 Å². The van der Waals surface area contributed by atoms with Crippen molar-refractivity contribution in [2.24, 2.45) is 12.8 Å². The number of rotatable bonds is 3. The van der Waals surface area contributed by atoms with E-state index in [-0.39, 0.29) is 0 Å². The van der Waals surface area contributed by atoms with E-state index in [1.165, 1.54) is 10.9 Å². The number of hydrogen-bond donors (Lipinski definition) is 1. The number of benzene rings is 1. The molecule has 0 fully saturated rings. The van der Waals surface area contributed by atoms with E-state index in [9.17, 15) is 0 Å². The Morgan fingerprint density at radius 2 is 2.27 bits per heavy atom. The average Bonchev–Trinajstić information content (AvgIpc) is 2.52. The van der Waals surface area contributed by atoms with Crippen LogP contribution < -0.4 is 5.73 Å². The molecule has 80 valence electrons. The smallest absolute Gasteiger partial charge is 0.111 e. The minimum atomic E-state index is 0.742. The molecule has 1 aromatic carbocycles. The molecule has 0 saturated heterocycles. The normalized spacial score (nSPS) is 11.1. The lowest BCUT2D eigenvalue weighted by molar-refractivity contribution is 0.761. The molecule has 0 atom stereocenters. The fraction of sp³-hybridized carbons (Fsp3) is 0.364. The van der Waals surface area contributed by atoms with Crippen molar-refractivity contribution in [1.82, 2.24) is 9.78 Å². The van der Waals surface area contributed by atoms with Crippen LogP contribution in [0.25, 0.3) is 10.9 Å². The van der Waals surface area contributed by atoms with E-state index in [1.54, 1.807) is 0 Å². The second-order valence-corrected chi connectivity index (χ2v) is 4.41. The molecule has 0 aliphatic heterocycles. The first-order valence-corrected chi connectivity index (χ1v) is 5.83. The molecule has 0 bridgehead atoms. The van der Waals surface area contributed by atoms with E-state index in [0.717, 1.165) is 29.5 Å². The number of aryl methyl sites for hydroxylation is 2. The van der Waals surface area contributed by atoms with Crippen LogP contribution in [0.4, 0.5) is 0 Å². The third-order valence-corrected chi connectivity index (χ3v) is 3.44. The molecule has 0 unspecified atom stereocenters. The van der Waals surface area contributed by atoms with Crippen LogP contribution in [-0.2, 0) is 13.5 Å². The molecule has 15 heavy (non-hydrogen) atoms. The summed E-state index contributed by atoms with van der Waals surface area (Å²) in [6.45, 7) is 0.742. The van der Waals surface area contributed by atoms with Crippen LogP contribution in [0.5, 0.6) is 0 Å². The van der Waals surface area contributed by atoms with Gasteiger partial charge in [0.25, 0.3) is 0 Å². The van der Waals surface area contributed by atoms with Crippen LogP contribution in [0.1, 0.15) is 12.0 Å². The van der Waals surface area contributed by atoms with Crippen molar-refractivity contribution in [3.8, 4) is 0 Å². The molecule has 3 nitrogen and oxygen atoms in total. The summed E-state index contributed by atoms with van der Waals surface area (Å²) >= 11 is 3.53. The predicted molar refractivity (Wildman–Crippen MR) is 65.8 cm³/mol. The third-order valence-electron chi connectivity index (χ3n) is 2.49. The largest absolute Gasteiger partial charge is 0.330 e. The summed E-state index contributed by atoms with van der Waals surface area (Å²) in [6, 6.07) is 6.37. The highest BCUT2D eigenvalue weighted by Crippen LogP contribution is 2.24. The van der Waals surface area contributed by atoms with Gasteiger partial charge in [-0.25, -0.2) is 0 Å². The van der Waals surface area contributed by atoms with Crippen molar-refractivity contribution in [3.05, 3.63) is 28.4 Å². The maximum atomic E-state index is 5.50. The molecule has 2 rings (SSSR count). The van der Waals surface area contributed by atoms with Gasteiger partial charge in [0.05, 0.1) is 5.52 Å². The van der Waals surface area contributed by atoms with Crippen LogP contribution >= 0.6 is 15.9 Å². The Morgan fingerprint density at radius 1 is 1.47 bits per heavy atom. The second-order valence-electron chi connectivity index (χ2n) is 3.66. The van der Waals surface area contributed by atoms with Gasteiger partial charge in [0.15, 0.2) is 0 Å². The van der Waals surface area contributed by atoms with E-state index in [2.05, 4.69) is 39.2 Å². The van der Waals surface area contributed by atoms with Crippen molar-refractivity contribution in [2.45, 2.75) is 12.8 Å². The first-order chi connectivity index (χ1) is 7.22. The van der Waals surface area contributed by atoms with Crippen LogP contribution in [0, 0.1) is 0 Å². The maximum absolute atomic E-state index is 5.50. The van der Waals surface area contributed by atoms with Crippen molar-refractivity contribution in [1.29, 1.82) is 0 Å². The van der Waals surface area contributed by atoms with Gasteiger partial charge in [-0.05, 0) is 53.0 Å². The summed E-state index contributed by atoms with van der Waals surface area (Å²) in [5.74, 6) is 0. The number of nitrogens with zero attached hydrogens (tertiary/aromatic N) is 2. The lowest BCUT2D eigenvalue weighted by atomic mass is 10.1. The zero-order chi connectivity index (χ0) is 10.8. The van der Waals surface area contributed by atoms with Gasteiger partial charge in [0, 0.05) is 12.4 Å². The quantitative estimate of drug-likeness (QED) is 0.927. The van der Waals surface area contributed by atoms with Crippen molar-refractivity contribution < 1.29 is 0 Å². The first kappa shape index (κ1) is 10.6. The van der Waals surface area contributed by atoms with E-state index >= 15 is 0 Å². The number of hydrogen-bond acceptors (Lipinski definition) is 2. The molecule has 0 aliphatic rings. The molecule has 0 radical (unpaired) electrons. The Labute approximate surface area is 97.4 Å². The van der Waals surface area contributed by atoms with Gasteiger partial charge in [-0.1, -0.05) is 6.07 Å². The van der Waals surface area contributed by atoms with Gasteiger partial charge in [0.2, 0.25) is 0 Å². The summed E-state index contributed by atoms with van der Waals surface area (Å²) in [7, 11) is 1.93. The first-order valence-electron chi connectivity index (χ1n) is 5.03. The summed E-state index contributed by atoms with van der Waals surface area (Å²) in [5.41, 5.74) is 7.85. The van der Waals surface area contributed by atoms with E-state index in [1.807, 2.05) is 11.7 Å². The van der Waals surface area contributed by atoms with Crippen LogP contribution in [0.2, 0.25) is 0 Å². The fourth-order valence-corrected chi connectivity index (χ4v) is 2.07. The van der Waals surface area contributed by atoms with Gasteiger partial charge in [-0.3, -0.25) is 4.68 Å². The second kappa shape index (κ2) is 4.33. The molecule has 0 spiro atoms. The number of halogens is 1. The highest BCUT2D eigenvalue weighted by atomic mass is 79.9. The molecule has 0 aliphatic carbocycles. The van der Waals surface area contributed by atoms with Crippen molar-refractivity contribution >= 4 is 26.8 Å². The summed E-state index contributed by atoms with van der Waals surface area (Å²) in [5, 5.41) is 5.55. The molecule has 2 N–H and O–H groups in total. The van der Waals surface area contributed by atoms with Crippen molar-refractivity contribution in [3.63, 3.8) is 0 Å². The zero-order valence-corrected chi connectivity index (χ0v) is 10.3. The lowest BCUT2D eigenvalue weighted by Crippen LogP contribution is -2.00. The summed E-state index contributed by atoms with van der Waals surface area (Å²) < 4.78 is 2.88. The molecule has 1 aromatic heterocycles. The molecule has 1 heterocycles. The Morgan fingerprint density at radius 3 is 3.00 bits per heavy atom. The molecule has 0 saturated carbocycles. The standard InChI is InChI=1S/C11H14BrN3/c1-15-11(12)9-7-8(3-2-6-13)4-5-10(9)14-15/h4-5,7H,2-3,6,13H2,1H3. The number of fused-ring (bicyclic) bond motifs is 1. The van der Waals surface area contributed by atoms with Crippen LogP contribution in [0.3, 0.4) is 0 Å². The molecular formula is C11H14BrN3. The zero-order valence-electron chi connectivity index (χ0n) is 8.70. The van der Waals surface area contributed by atoms with E-state index in [4.69, 9.17) is 5.73 Å². The Hall–Kier alpha value is -0.870. The third kappa shape index (κ3) is 2.06. The summed E-state index contributed by atoms with van der Waals surface area (Å²) in [6.07, 6.45) is 2.07. The van der Waals surface area contributed by atoms with Gasteiger partial charge in [0.1, 0.15) is 4.60 Å². The van der Waals surface area contributed by atoms with Gasteiger partial charge in [-0.15, -0.1) is 0 Å².